The van der Waals surface area contributed by atoms with Crippen LogP contribution in [0.25, 0.3) is 0 Å². The van der Waals surface area contributed by atoms with E-state index in [-0.39, 0.29) is 11.9 Å². The highest BCUT2D eigenvalue weighted by molar-refractivity contribution is 7.09. The summed E-state index contributed by atoms with van der Waals surface area (Å²) in [6.45, 7) is 2.93. The number of aromatic nitrogens is 1. The molecular formula is C14H17FN2S. The second kappa shape index (κ2) is 6.61. The van der Waals surface area contributed by atoms with Crippen LogP contribution in [-0.2, 0) is 6.42 Å². The fourth-order valence-corrected chi connectivity index (χ4v) is 2.72. The van der Waals surface area contributed by atoms with Gasteiger partial charge in [-0.25, -0.2) is 4.39 Å². The predicted molar refractivity (Wildman–Crippen MR) is 73.3 cm³/mol. The van der Waals surface area contributed by atoms with E-state index >= 15 is 0 Å². The number of nitrogens with zero attached hydrogens (tertiary/aromatic N) is 1. The summed E-state index contributed by atoms with van der Waals surface area (Å²) in [4.78, 5) is 5.28. The lowest BCUT2D eigenvalue weighted by atomic mass is 10.0. The van der Waals surface area contributed by atoms with Gasteiger partial charge in [-0.1, -0.05) is 13.0 Å². The van der Waals surface area contributed by atoms with Gasteiger partial charge in [0.2, 0.25) is 0 Å². The molecule has 0 bridgehead atoms. The first-order valence-electron chi connectivity index (χ1n) is 6.16. The SMILES string of the molecule is CCNC(CCc1cccs1)c1cncc(F)c1. The van der Waals surface area contributed by atoms with Gasteiger partial charge in [-0.3, -0.25) is 4.98 Å². The molecular weight excluding hydrogens is 247 g/mol. The fourth-order valence-electron chi connectivity index (χ4n) is 1.99. The number of thiophene rings is 1. The third kappa shape index (κ3) is 3.62. The molecule has 1 unspecified atom stereocenters. The van der Waals surface area contributed by atoms with Crippen LogP contribution in [0.5, 0.6) is 0 Å². The van der Waals surface area contributed by atoms with Gasteiger partial charge in [-0.15, -0.1) is 11.3 Å². The van der Waals surface area contributed by atoms with Gasteiger partial charge < -0.3 is 5.32 Å². The molecule has 0 aliphatic rings. The van der Waals surface area contributed by atoms with E-state index in [9.17, 15) is 4.39 Å². The van der Waals surface area contributed by atoms with Crippen molar-refractivity contribution in [3.05, 3.63) is 52.2 Å². The molecule has 2 nitrogen and oxygen atoms in total. The summed E-state index contributed by atoms with van der Waals surface area (Å²) >= 11 is 1.76. The topological polar surface area (TPSA) is 24.9 Å². The summed E-state index contributed by atoms with van der Waals surface area (Å²) in [7, 11) is 0. The summed E-state index contributed by atoms with van der Waals surface area (Å²) in [6.07, 6.45) is 4.95. The largest absolute Gasteiger partial charge is 0.310 e. The minimum atomic E-state index is -0.272. The van der Waals surface area contributed by atoms with Gasteiger partial charge in [-0.05, 0) is 42.5 Å². The van der Waals surface area contributed by atoms with Gasteiger partial charge in [0.1, 0.15) is 5.82 Å². The number of pyridine rings is 1. The molecule has 0 aliphatic carbocycles. The maximum atomic E-state index is 13.2. The van der Waals surface area contributed by atoms with Crippen LogP contribution in [0.15, 0.2) is 36.0 Å². The van der Waals surface area contributed by atoms with Gasteiger partial charge in [0.05, 0.1) is 6.20 Å². The maximum Gasteiger partial charge on any atom is 0.141 e. The molecule has 0 radical (unpaired) electrons. The van der Waals surface area contributed by atoms with Crippen molar-refractivity contribution in [1.82, 2.24) is 10.3 Å². The summed E-state index contributed by atoms with van der Waals surface area (Å²) < 4.78 is 13.2. The monoisotopic (exact) mass is 264 g/mol. The van der Waals surface area contributed by atoms with Gasteiger partial charge in [0.15, 0.2) is 0 Å². The van der Waals surface area contributed by atoms with E-state index in [2.05, 4.69) is 34.7 Å². The molecule has 1 atom stereocenters. The second-order valence-corrected chi connectivity index (χ2v) is 5.20. The zero-order chi connectivity index (χ0) is 12.8. The van der Waals surface area contributed by atoms with E-state index in [1.165, 1.54) is 11.1 Å². The lowest BCUT2D eigenvalue weighted by molar-refractivity contribution is 0.510. The number of aryl methyl sites for hydroxylation is 1. The highest BCUT2D eigenvalue weighted by atomic mass is 32.1. The molecule has 2 aromatic rings. The van der Waals surface area contributed by atoms with Gasteiger partial charge in [-0.2, -0.15) is 0 Å². The molecule has 18 heavy (non-hydrogen) atoms. The minimum absolute atomic E-state index is 0.167. The molecule has 4 heteroatoms. The summed E-state index contributed by atoms with van der Waals surface area (Å²) in [5.74, 6) is -0.272. The molecule has 2 rings (SSSR count). The van der Waals surface area contributed by atoms with E-state index in [0.29, 0.717) is 0 Å². The molecule has 0 saturated carbocycles. The van der Waals surface area contributed by atoms with Crippen LogP contribution in [0, 0.1) is 5.82 Å². The minimum Gasteiger partial charge on any atom is -0.310 e. The van der Waals surface area contributed by atoms with E-state index in [4.69, 9.17) is 0 Å². The molecule has 0 amide bonds. The van der Waals surface area contributed by atoms with Crippen LogP contribution in [0.3, 0.4) is 0 Å². The standard InChI is InChI=1S/C14H17FN2S/c1-2-17-14(6-5-13-4-3-7-18-13)11-8-12(15)10-16-9-11/h3-4,7-10,14,17H,2,5-6H2,1H3. The van der Waals surface area contributed by atoms with E-state index in [1.54, 1.807) is 23.6 Å². The Morgan fingerprint density at radius 1 is 1.44 bits per heavy atom. The van der Waals surface area contributed by atoms with Crippen molar-refractivity contribution in [3.8, 4) is 0 Å². The zero-order valence-electron chi connectivity index (χ0n) is 10.4. The molecule has 0 saturated heterocycles. The Hall–Kier alpha value is -1.26. The van der Waals surface area contributed by atoms with Crippen LogP contribution in [0.4, 0.5) is 4.39 Å². The normalized spacial score (nSPS) is 12.6. The Balaban J connectivity index is 2.03. The molecule has 0 fully saturated rings. The predicted octanol–water partition coefficient (Wildman–Crippen LogP) is 3.57. The molecule has 0 spiro atoms. The van der Waals surface area contributed by atoms with E-state index in [1.807, 2.05) is 0 Å². The van der Waals surface area contributed by atoms with Gasteiger partial charge in [0.25, 0.3) is 0 Å². The molecule has 0 aromatic carbocycles. The maximum absolute atomic E-state index is 13.2. The average Bonchev–Trinajstić information content (AvgIpc) is 2.87. The molecule has 96 valence electrons. The van der Waals surface area contributed by atoms with Gasteiger partial charge in [0, 0.05) is 17.1 Å². The first-order valence-corrected chi connectivity index (χ1v) is 7.03. The summed E-state index contributed by atoms with van der Waals surface area (Å²) in [6, 6.07) is 5.93. The number of hydrogen-bond donors (Lipinski definition) is 1. The fraction of sp³-hybridized carbons (Fsp3) is 0.357. The molecule has 0 aliphatic heterocycles. The Morgan fingerprint density at radius 3 is 3.00 bits per heavy atom. The van der Waals surface area contributed by atoms with E-state index in [0.717, 1.165) is 24.9 Å². The second-order valence-electron chi connectivity index (χ2n) is 4.16. The van der Waals surface area contributed by atoms with Crippen LogP contribution in [0.2, 0.25) is 0 Å². The quantitative estimate of drug-likeness (QED) is 0.863. The van der Waals surface area contributed by atoms with Crippen LogP contribution in [0.1, 0.15) is 29.8 Å². The van der Waals surface area contributed by atoms with Crippen molar-refractivity contribution >= 4 is 11.3 Å². The smallest absolute Gasteiger partial charge is 0.141 e. The van der Waals surface area contributed by atoms with Crippen molar-refractivity contribution in [2.75, 3.05) is 6.54 Å². The third-order valence-corrected chi connectivity index (χ3v) is 3.77. The highest BCUT2D eigenvalue weighted by Gasteiger charge is 2.11. The first-order chi connectivity index (χ1) is 8.79. The Bertz CT molecular complexity index is 470. The van der Waals surface area contributed by atoms with Crippen molar-refractivity contribution in [2.24, 2.45) is 0 Å². The Labute approximate surface area is 111 Å². The van der Waals surface area contributed by atoms with Crippen molar-refractivity contribution in [2.45, 2.75) is 25.8 Å². The van der Waals surface area contributed by atoms with Crippen molar-refractivity contribution < 1.29 is 4.39 Å². The summed E-state index contributed by atoms with van der Waals surface area (Å²) in [5, 5.41) is 5.47. The third-order valence-electron chi connectivity index (χ3n) is 2.84. The van der Waals surface area contributed by atoms with Crippen LogP contribution in [-0.4, -0.2) is 11.5 Å². The molecule has 2 heterocycles. The van der Waals surface area contributed by atoms with Crippen molar-refractivity contribution in [1.29, 1.82) is 0 Å². The number of halogens is 1. The number of hydrogen-bond acceptors (Lipinski definition) is 3. The lowest BCUT2D eigenvalue weighted by Gasteiger charge is -2.17. The Kier molecular flexibility index (Phi) is 4.84. The highest BCUT2D eigenvalue weighted by Crippen LogP contribution is 2.21. The van der Waals surface area contributed by atoms with Crippen molar-refractivity contribution in [3.63, 3.8) is 0 Å². The van der Waals surface area contributed by atoms with Crippen LogP contribution >= 0.6 is 11.3 Å². The van der Waals surface area contributed by atoms with Gasteiger partial charge >= 0.3 is 0 Å². The molecule has 2 aromatic heterocycles. The first kappa shape index (κ1) is 13.2. The summed E-state index contributed by atoms with van der Waals surface area (Å²) in [5.41, 5.74) is 0.924. The lowest BCUT2D eigenvalue weighted by Crippen LogP contribution is -2.21. The Morgan fingerprint density at radius 2 is 2.33 bits per heavy atom. The average molecular weight is 264 g/mol. The zero-order valence-corrected chi connectivity index (χ0v) is 11.2. The van der Waals surface area contributed by atoms with Crippen LogP contribution < -0.4 is 5.32 Å². The number of rotatable bonds is 6. The van der Waals surface area contributed by atoms with E-state index < -0.39 is 0 Å². The molecule has 1 N–H and O–H groups in total. The number of nitrogens with one attached hydrogen (secondary N) is 1.